The van der Waals surface area contributed by atoms with Gasteiger partial charge in [-0.1, -0.05) is 48.5 Å². The minimum Gasteiger partial charge on any atom is -0.484 e. The van der Waals surface area contributed by atoms with E-state index in [4.69, 9.17) is 4.74 Å². The van der Waals surface area contributed by atoms with Gasteiger partial charge in [0, 0.05) is 24.8 Å². The van der Waals surface area contributed by atoms with Crippen LogP contribution in [-0.2, 0) is 31.0 Å². The van der Waals surface area contributed by atoms with E-state index in [0.29, 0.717) is 28.3 Å². The highest BCUT2D eigenvalue weighted by molar-refractivity contribution is 7.89. The Balaban J connectivity index is 1.35. The van der Waals surface area contributed by atoms with Crippen LogP contribution in [0.2, 0.25) is 0 Å². The molecule has 0 aliphatic carbocycles. The molecular weight excluding hydrogens is 582 g/mol. The molecule has 12 heteroatoms. The molecule has 0 aromatic heterocycles. The number of nitrogens with one attached hydrogen (secondary N) is 3. The Labute approximate surface area is 255 Å². The number of amides is 3. The molecule has 0 radical (unpaired) electrons. The van der Waals surface area contributed by atoms with Gasteiger partial charge in [0.2, 0.25) is 15.9 Å². The van der Waals surface area contributed by atoms with E-state index in [2.05, 4.69) is 21.2 Å². The molecule has 0 unspecified atom stereocenters. The summed E-state index contributed by atoms with van der Waals surface area (Å²) in [5.41, 5.74) is 4.83. The minimum atomic E-state index is -4.09. The zero-order valence-electron chi connectivity index (χ0n) is 23.8. The topological polar surface area (TPSA) is 146 Å². The van der Waals surface area contributed by atoms with E-state index < -0.39 is 22.5 Å². The van der Waals surface area contributed by atoms with Crippen molar-refractivity contribution in [3.8, 4) is 5.75 Å². The lowest BCUT2D eigenvalue weighted by molar-refractivity contribution is -0.121. The third kappa shape index (κ3) is 9.61. The van der Waals surface area contributed by atoms with Crippen LogP contribution in [0.1, 0.15) is 18.1 Å². The zero-order chi connectivity index (χ0) is 31.4. The molecule has 0 aliphatic rings. The molecule has 0 fully saturated rings. The summed E-state index contributed by atoms with van der Waals surface area (Å²) in [7, 11) is -4.09. The van der Waals surface area contributed by atoms with Crippen molar-refractivity contribution in [2.45, 2.75) is 18.4 Å². The van der Waals surface area contributed by atoms with Crippen LogP contribution in [0.15, 0.2) is 119 Å². The predicted molar refractivity (Wildman–Crippen MR) is 168 cm³/mol. The first-order valence-electron chi connectivity index (χ1n) is 13.5. The summed E-state index contributed by atoms with van der Waals surface area (Å²) in [4.78, 5) is 36.1. The maximum atomic E-state index is 13.5. The molecule has 0 aliphatic heterocycles. The van der Waals surface area contributed by atoms with Gasteiger partial charge in [0.25, 0.3) is 11.8 Å². The van der Waals surface area contributed by atoms with Crippen LogP contribution < -0.4 is 20.8 Å². The number of anilines is 2. The summed E-state index contributed by atoms with van der Waals surface area (Å²) in [6.07, 6.45) is 1.40. The number of nitrogens with zero attached hydrogens (tertiary/aromatic N) is 2. The van der Waals surface area contributed by atoms with Gasteiger partial charge in [-0.05, 0) is 71.8 Å². The lowest BCUT2D eigenvalue weighted by atomic mass is 10.2. The zero-order valence-corrected chi connectivity index (χ0v) is 24.7. The first kappa shape index (κ1) is 31.6. The Kier molecular flexibility index (Phi) is 10.9. The average Bonchev–Trinajstić information content (AvgIpc) is 3.01. The molecule has 0 saturated carbocycles. The van der Waals surface area contributed by atoms with Crippen molar-refractivity contribution in [2.75, 3.05) is 23.8 Å². The molecule has 0 spiro atoms. The summed E-state index contributed by atoms with van der Waals surface area (Å²) in [6, 6.07) is 30.4. The summed E-state index contributed by atoms with van der Waals surface area (Å²) in [5, 5.41) is 9.28. The first-order valence-corrected chi connectivity index (χ1v) is 14.9. The Morgan fingerprint density at radius 3 is 2.02 bits per heavy atom. The van der Waals surface area contributed by atoms with Crippen LogP contribution in [0.4, 0.5) is 11.4 Å². The normalized spacial score (nSPS) is 11.2. The average molecular weight is 614 g/mol. The Hall–Kier alpha value is -5.33. The second-order valence-corrected chi connectivity index (χ2v) is 11.5. The van der Waals surface area contributed by atoms with Crippen molar-refractivity contribution < 1.29 is 27.5 Å². The van der Waals surface area contributed by atoms with Crippen LogP contribution in [0.5, 0.6) is 5.75 Å². The number of hydrazone groups is 1. The van der Waals surface area contributed by atoms with Gasteiger partial charge in [-0.15, -0.1) is 0 Å². The highest BCUT2D eigenvalue weighted by Gasteiger charge is 2.27. The Morgan fingerprint density at radius 1 is 0.773 bits per heavy atom. The van der Waals surface area contributed by atoms with Crippen LogP contribution in [0.25, 0.3) is 0 Å². The van der Waals surface area contributed by atoms with E-state index in [1.54, 1.807) is 60.7 Å². The fraction of sp³-hybridized carbons (Fsp3) is 0.125. The van der Waals surface area contributed by atoms with Gasteiger partial charge < -0.3 is 15.4 Å². The van der Waals surface area contributed by atoms with Crippen LogP contribution in [-0.4, -0.2) is 49.8 Å². The minimum absolute atomic E-state index is 0.0290. The van der Waals surface area contributed by atoms with Crippen molar-refractivity contribution in [3.63, 3.8) is 0 Å². The lowest BCUT2D eigenvalue weighted by Gasteiger charge is -2.21. The number of para-hydroxylation sites is 1. The van der Waals surface area contributed by atoms with Gasteiger partial charge in [-0.3, -0.25) is 14.4 Å². The third-order valence-electron chi connectivity index (χ3n) is 6.04. The molecule has 4 rings (SSSR count). The largest absolute Gasteiger partial charge is 0.484 e. The number of benzene rings is 4. The molecule has 0 bridgehead atoms. The lowest BCUT2D eigenvalue weighted by Crippen LogP contribution is -2.39. The molecule has 0 saturated heterocycles. The summed E-state index contributed by atoms with van der Waals surface area (Å²) >= 11 is 0. The van der Waals surface area contributed by atoms with Gasteiger partial charge >= 0.3 is 0 Å². The number of carbonyl (C=O) groups is 3. The van der Waals surface area contributed by atoms with E-state index in [1.165, 1.54) is 37.4 Å². The Morgan fingerprint density at radius 2 is 1.39 bits per heavy atom. The number of hydrogen-bond acceptors (Lipinski definition) is 7. The Bertz CT molecular complexity index is 1700. The van der Waals surface area contributed by atoms with E-state index in [9.17, 15) is 22.8 Å². The predicted octanol–water partition coefficient (Wildman–Crippen LogP) is 4.00. The van der Waals surface area contributed by atoms with Crippen LogP contribution in [0, 0.1) is 0 Å². The number of sulfonamides is 1. The number of carbonyl (C=O) groups excluding carboxylic acids is 3. The van der Waals surface area contributed by atoms with Gasteiger partial charge in [-0.2, -0.15) is 9.41 Å². The molecular formula is C32H31N5O6S. The SMILES string of the molecule is CC(=O)Nc1ccc(S(=O)(=O)N(CC(=O)N/N=C/c2ccc(OCC(=O)Nc3ccccc3)cc2)Cc2ccccc2)cc1. The smallest absolute Gasteiger partial charge is 0.262 e. The first-order chi connectivity index (χ1) is 21.2. The van der Waals surface area contributed by atoms with Gasteiger partial charge in [0.1, 0.15) is 5.75 Å². The number of rotatable bonds is 13. The maximum absolute atomic E-state index is 13.5. The van der Waals surface area contributed by atoms with Crippen molar-refractivity contribution in [1.29, 1.82) is 0 Å². The number of hydrogen-bond donors (Lipinski definition) is 3. The fourth-order valence-corrected chi connectivity index (χ4v) is 5.35. The third-order valence-corrected chi connectivity index (χ3v) is 7.85. The molecule has 4 aromatic carbocycles. The summed E-state index contributed by atoms with van der Waals surface area (Å²) in [6.45, 7) is 0.659. The molecule has 0 atom stereocenters. The fourth-order valence-electron chi connectivity index (χ4n) is 3.97. The maximum Gasteiger partial charge on any atom is 0.262 e. The van der Waals surface area contributed by atoms with E-state index in [1.807, 2.05) is 24.3 Å². The van der Waals surface area contributed by atoms with Crippen molar-refractivity contribution in [3.05, 3.63) is 120 Å². The second-order valence-electron chi connectivity index (χ2n) is 9.53. The molecule has 3 N–H and O–H groups in total. The van der Waals surface area contributed by atoms with Crippen LogP contribution >= 0.6 is 0 Å². The highest BCUT2D eigenvalue weighted by atomic mass is 32.2. The van der Waals surface area contributed by atoms with Gasteiger partial charge in [0.15, 0.2) is 6.61 Å². The van der Waals surface area contributed by atoms with E-state index in [-0.39, 0.29) is 29.9 Å². The van der Waals surface area contributed by atoms with Crippen molar-refractivity contribution in [1.82, 2.24) is 9.73 Å². The molecule has 226 valence electrons. The quantitative estimate of drug-likeness (QED) is 0.153. The molecule has 44 heavy (non-hydrogen) atoms. The van der Waals surface area contributed by atoms with E-state index >= 15 is 0 Å². The van der Waals surface area contributed by atoms with Gasteiger partial charge in [0.05, 0.1) is 17.7 Å². The van der Waals surface area contributed by atoms with Gasteiger partial charge in [-0.25, -0.2) is 13.8 Å². The van der Waals surface area contributed by atoms with Crippen LogP contribution in [0.3, 0.4) is 0 Å². The highest BCUT2D eigenvalue weighted by Crippen LogP contribution is 2.21. The standard InChI is InChI=1S/C32H31N5O6S/c1-24(38)34-28-14-18-30(19-15-28)44(41,42)37(21-26-8-4-2-5-9-26)22-31(39)36-33-20-25-12-16-29(17-13-25)43-23-32(40)35-27-10-6-3-7-11-27/h2-20H,21-23H2,1H3,(H,34,38)(H,35,40)(H,36,39)/b33-20+. The monoisotopic (exact) mass is 613 g/mol. The number of ether oxygens (including phenoxy) is 1. The molecule has 11 nitrogen and oxygen atoms in total. The van der Waals surface area contributed by atoms with Crippen molar-refractivity contribution >= 4 is 45.3 Å². The van der Waals surface area contributed by atoms with Crippen molar-refractivity contribution in [2.24, 2.45) is 5.10 Å². The van der Waals surface area contributed by atoms with E-state index in [0.717, 1.165) is 4.31 Å². The summed E-state index contributed by atoms with van der Waals surface area (Å²) in [5.74, 6) is -0.743. The molecule has 0 heterocycles. The second kappa shape index (κ2) is 15.2. The molecule has 3 amide bonds. The summed E-state index contributed by atoms with van der Waals surface area (Å²) < 4.78 is 33.6. The molecule has 4 aromatic rings.